The maximum Gasteiger partial charge on any atom is 0.333 e. The first-order chi connectivity index (χ1) is 21.1. The summed E-state index contributed by atoms with van der Waals surface area (Å²) < 4.78 is 20.1. The molecule has 8 aliphatic rings. The Kier molecular flexibility index (Phi) is 7.02. The van der Waals surface area contributed by atoms with Gasteiger partial charge in [-0.15, -0.1) is 0 Å². The molecule has 0 aromatic rings. The molecule has 0 aromatic heterocycles. The highest BCUT2D eigenvalue weighted by atomic mass is 16.6. The Hall–Kier alpha value is -1.70. The standard InChI is InChI=1S/C38H56O7/c1-10-19(3)31(41)43-29-22(6)38-23(7)37(30(29)44-32(42)20(4)11-2)28(40)18-27-35(9)15-12-24-21(5)25(39)13-16-34(24,8)26(35)14-17-36(27,45-38)33(37)38/h10-11,21-30,33,39-40H,12-18H2,1-9H3/b19-10-,20-11-/t21?,22-,23-,24?,25?,26?,27?,28-,29?,30+,33?,34?,35?,36?,37?,38?/m1/s1. The van der Waals surface area contributed by atoms with Crippen LogP contribution in [0.15, 0.2) is 23.3 Å². The number of rotatable bonds is 4. The van der Waals surface area contributed by atoms with Gasteiger partial charge in [-0.25, -0.2) is 9.59 Å². The van der Waals surface area contributed by atoms with Gasteiger partial charge in [0, 0.05) is 23.0 Å². The van der Waals surface area contributed by atoms with Crippen LogP contribution in [0.4, 0.5) is 0 Å². The lowest BCUT2D eigenvalue weighted by atomic mass is 9.22. The number of aliphatic hydroxyl groups is 2. The molecule has 7 heteroatoms. The highest BCUT2D eigenvalue weighted by Crippen LogP contribution is 2.87. The minimum atomic E-state index is -0.762. The molecule has 2 bridgehead atoms. The molecule has 7 aliphatic carbocycles. The van der Waals surface area contributed by atoms with Gasteiger partial charge in [0.15, 0.2) is 0 Å². The highest BCUT2D eigenvalue weighted by molar-refractivity contribution is 5.89. The van der Waals surface area contributed by atoms with E-state index in [2.05, 4.69) is 34.6 Å². The van der Waals surface area contributed by atoms with Crippen LogP contribution >= 0.6 is 0 Å². The lowest BCUT2D eigenvalue weighted by molar-refractivity contribution is -0.555. The van der Waals surface area contributed by atoms with Crippen LogP contribution in [0.5, 0.6) is 0 Å². The van der Waals surface area contributed by atoms with E-state index in [9.17, 15) is 19.8 Å². The average molecular weight is 625 g/mol. The van der Waals surface area contributed by atoms with E-state index < -0.39 is 41.3 Å². The van der Waals surface area contributed by atoms with Crippen molar-refractivity contribution < 1.29 is 34.0 Å². The largest absolute Gasteiger partial charge is 0.455 e. The van der Waals surface area contributed by atoms with Crippen LogP contribution in [-0.2, 0) is 23.8 Å². The van der Waals surface area contributed by atoms with E-state index in [-0.39, 0.29) is 46.2 Å². The zero-order valence-electron chi connectivity index (χ0n) is 28.9. The molecule has 1 heterocycles. The van der Waals surface area contributed by atoms with Gasteiger partial charge in [0.05, 0.1) is 28.8 Å². The molecule has 2 N–H and O–H groups in total. The van der Waals surface area contributed by atoms with Crippen molar-refractivity contribution in [3.63, 3.8) is 0 Å². The van der Waals surface area contributed by atoms with Gasteiger partial charge in [0.1, 0.15) is 12.2 Å². The van der Waals surface area contributed by atoms with Gasteiger partial charge in [-0.05, 0) is 113 Å². The molecule has 12 unspecified atom stereocenters. The summed E-state index contributed by atoms with van der Waals surface area (Å²) in [6, 6.07) is 0. The van der Waals surface area contributed by atoms with E-state index in [0.29, 0.717) is 35.3 Å². The van der Waals surface area contributed by atoms with E-state index >= 15 is 0 Å². The molecule has 250 valence electrons. The van der Waals surface area contributed by atoms with Gasteiger partial charge in [-0.1, -0.05) is 46.8 Å². The fourth-order valence-corrected chi connectivity index (χ4v) is 13.8. The van der Waals surface area contributed by atoms with Crippen molar-refractivity contribution in [1.82, 2.24) is 0 Å². The molecule has 1 saturated heterocycles. The number of allylic oxidation sites excluding steroid dienone is 2. The maximum atomic E-state index is 13.5. The molecule has 16 atom stereocenters. The van der Waals surface area contributed by atoms with Crippen LogP contribution in [0, 0.1) is 57.7 Å². The first kappa shape index (κ1) is 31.9. The maximum absolute atomic E-state index is 13.5. The zero-order chi connectivity index (χ0) is 32.6. The Morgan fingerprint density at radius 2 is 1.47 bits per heavy atom. The molecule has 0 aromatic carbocycles. The van der Waals surface area contributed by atoms with Crippen molar-refractivity contribution in [3.05, 3.63) is 23.3 Å². The third kappa shape index (κ3) is 3.49. The van der Waals surface area contributed by atoms with Crippen molar-refractivity contribution >= 4 is 11.9 Å². The van der Waals surface area contributed by atoms with Crippen molar-refractivity contribution in [2.75, 3.05) is 0 Å². The number of esters is 2. The fourth-order valence-electron chi connectivity index (χ4n) is 13.8. The third-order valence-electron chi connectivity index (χ3n) is 16.1. The van der Waals surface area contributed by atoms with Gasteiger partial charge in [0.2, 0.25) is 0 Å². The topological polar surface area (TPSA) is 102 Å². The summed E-state index contributed by atoms with van der Waals surface area (Å²) in [5, 5.41) is 23.4. The second-order valence-electron chi connectivity index (χ2n) is 17.0. The van der Waals surface area contributed by atoms with Gasteiger partial charge in [-0.3, -0.25) is 0 Å². The number of hydrogen-bond acceptors (Lipinski definition) is 7. The smallest absolute Gasteiger partial charge is 0.333 e. The Bertz CT molecular complexity index is 1350. The number of hydrogen-bond donors (Lipinski definition) is 2. The van der Waals surface area contributed by atoms with Crippen molar-refractivity contribution in [1.29, 1.82) is 0 Å². The van der Waals surface area contributed by atoms with E-state index in [4.69, 9.17) is 14.2 Å². The molecule has 45 heavy (non-hydrogen) atoms. The second-order valence-corrected chi connectivity index (χ2v) is 17.0. The van der Waals surface area contributed by atoms with Crippen LogP contribution in [0.25, 0.3) is 0 Å². The normalized spacial score (nSPS) is 56.3. The summed E-state index contributed by atoms with van der Waals surface area (Å²) in [7, 11) is 0. The molecule has 0 amide bonds. The predicted molar refractivity (Wildman–Crippen MR) is 170 cm³/mol. The first-order valence-corrected chi connectivity index (χ1v) is 17.9. The van der Waals surface area contributed by atoms with Gasteiger partial charge < -0.3 is 24.4 Å². The molecule has 0 radical (unpaired) electrons. The number of carbonyl (C=O) groups excluding carboxylic acids is 2. The Morgan fingerprint density at radius 1 is 0.844 bits per heavy atom. The van der Waals surface area contributed by atoms with Crippen LogP contribution < -0.4 is 0 Å². The summed E-state index contributed by atoms with van der Waals surface area (Å²) in [6.45, 7) is 18.6. The summed E-state index contributed by atoms with van der Waals surface area (Å²) >= 11 is 0. The number of fused-ring (bicyclic) bond motifs is 6. The van der Waals surface area contributed by atoms with Crippen molar-refractivity contribution in [3.8, 4) is 0 Å². The average Bonchev–Trinajstić information content (AvgIpc) is 3.00. The van der Waals surface area contributed by atoms with Gasteiger partial charge in [-0.2, -0.15) is 0 Å². The van der Waals surface area contributed by atoms with Crippen LogP contribution in [0.1, 0.15) is 107 Å². The van der Waals surface area contributed by atoms with Crippen LogP contribution in [-0.4, -0.2) is 57.8 Å². The fraction of sp³-hybridized carbons (Fsp3) is 0.842. The molecule has 7 nitrogen and oxygen atoms in total. The van der Waals surface area contributed by atoms with Crippen molar-refractivity contribution in [2.24, 2.45) is 57.7 Å². The second kappa shape index (κ2) is 9.92. The Labute approximate surface area is 269 Å². The van der Waals surface area contributed by atoms with Gasteiger partial charge >= 0.3 is 11.9 Å². The number of carbonyl (C=O) groups is 2. The molecular weight excluding hydrogens is 568 g/mol. The number of aliphatic hydroxyl groups excluding tert-OH is 2. The lowest BCUT2D eigenvalue weighted by Gasteiger charge is -2.91. The summed E-state index contributed by atoms with van der Waals surface area (Å²) in [6.07, 6.45) is 7.80. The monoisotopic (exact) mass is 624 g/mol. The summed E-state index contributed by atoms with van der Waals surface area (Å²) in [5.74, 6) is 0.476. The van der Waals surface area contributed by atoms with E-state index in [1.54, 1.807) is 26.0 Å². The Morgan fingerprint density at radius 3 is 2.11 bits per heavy atom. The van der Waals surface area contributed by atoms with E-state index in [1.807, 2.05) is 13.8 Å². The quantitative estimate of drug-likeness (QED) is 0.286. The molecule has 3 spiro atoms. The molecule has 8 fully saturated rings. The highest BCUT2D eigenvalue weighted by Gasteiger charge is 2.96. The van der Waals surface area contributed by atoms with Crippen LogP contribution in [0.3, 0.4) is 0 Å². The zero-order valence-corrected chi connectivity index (χ0v) is 28.9. The predicted octanol–water partition coefficient (Wildman–Crippen LogP) is 6.16. The lowest BCUT2D eigenvalue weighted by Crippen LogP contribution is -3.00. The van der Waals surface area contributed by atoms with E-state index in [0.717, 1.165) is 38.5 Å². The molecule has 8 rings (SSSR count). The number of ether oxygens (including phenoxy) is 3. The SMILES string of the molecule is C/C=C(/C)C(=O)OC1[C@@H](C)C23OC45CCC6C7(C)CCC(O)C(C)C7CCC6(C)C4C[C@@H](O)C(C52)([C@H]1OC(=O)/C(C)=C\C)[C@H]3C. The molecule has 7 saturated carbocycles. The third-order valence-corrected chi connectivity index (χ3v) is 16.1. The van der Waals surface area contributed by atoms with Crippen molar-refractivity contribution in [2.45, 2.75) is 143 Å². The van der Waals surface area contributed by atoms with E-state index in [1.165, 1.54) is 0 Å². The minimum Gasteiger partial charge on any atom is -0.455 e. The first-order valence-electron chi connectivity index (χ1n) is 17.9. The van der Waals surface area contributed by atoms with Crippen LogP contribution in [0.2, 0.25) is 0 Å². The summed E-state index contributed by atoms with van der Waals surface area (Å²) in [4.78, 5) is 26.7. The molecular formula is C38H56O7. The van der Waals surface area contributed by atoms with Gasteiger partial charge in [0.25, 0.3) is 0 Å². The minimum absolute atomic E-state index is 0.00862. The Balaban J connectivity index is 1.29. The summed E-state index contributed by atoms with van der Waals surface area (Å²) in [5.41, 5.74) is -0.473. The molecule has 1 aliphatic heterocycles.